The molecule has 8 nitrogen and oxygen atoms in total. The maximum atomic E-state index is 12.7. The average molecular weight is 388 g/mol. The van der Waals surface area contributed by atoms with Crippen LogP contribution in [-0.4, -0.2) is 51.6 Å². The molecule has 2 amide bonds. The molecule has 0 unspecified atom stereocenters. The molecular formula is C20H24N2O6. The number of carbonyl (C=O) groups is 3. The fourth-order valence-corrected chi connectivity index (χ4v) is 3.01. The zero-order valence-corrected chi connectivity index (χ0v) is 15.9. The van der Waals surface area contributed by atoms with Gasteiger partial charge in [0, 0.05) is 6.54 Å². The highest BCUT2D eigenvalue weighted by atomic mass is 16.5. The summed E-state index contributed by atoms with van der Waals surface area (Å²) >= 11 is 0. The van der Waals surface area contributed by atoms with E-state index in [4.69, 9.17) is 9.84 Å². The van der Waals surface area contributed by atoms with Gasteiger partial charge in [0.05, 0.1) is 12.1 Å². The molecule has 3 rings (SSSR count). The number of benzene rings is 1. The number of nitrogens with zero attached hydrogens (tertiary/aromatic N) is 1. The van der Waals surface area contributed by atoms with Gasteiger partial charge in [0.2, 0.25) is 0 Å². The van der Waals surface area contributed by atoms with Gasteiger partial charge in [0.15, 0.2) is 0 Å². The summed E-state index contributed by atoms with van der Waals surface area (Å²) in [6.07, 6.45) is 2.42. The van der Waals surface area contributed by atoms with Crippen molar-refractivity contribution in [2.75, 3.05) is 13.2 Å². The number of aliphatic hydroxyl groups excluding tert-OH is 1. The minimum absolute atomic E-state index is 0.189. The van der Waals surface area contributed by atoms with Gasteiger partial charge in [-0.1, -0.05) is 12.1 Å². The number of aliphatic hydroxyl groups is 1. The summed E-state index contributed by atoms with van der Waals surface area (Å²) in [6, 6.07) is 7.34. The molecule has 3 N–H and O–H groups in total. The molecule has 1 aromatic rings. The topological polar surface area (TPSA) is 116 Å². The molecule has 0 atom stereocenters. The van der Waals surface area contributed by atoms with Gasteiger partial charge in [-0.2, -0.15) is 0 Å². The molecule has 1 aliphatic carbocycles. The standard InChI is InChI=1S/C20H24N2O6/c1-20(2)17(25)16(18(26)21-9-15(23)24)19(27)22(20)10-12-5-7-14(8-6-12)28-11-13-3-4-13/h5-8,13,25H,3-4,9-11H2,1-2H3,(H,21,26)(H,23,24). The Kier molecular flexibility index (Phi) is 5.31. The van der Waals surface area contributed by atoms with E-state index >= 15 is 0 Å². The van der Waals surface area contributed by atoms with Gasteiger partial charge in [0.25, 0.3) is 11.8 Å². The molecule has 2 aliphatic rings. The molecule has 0 radical (unpaired) electrons. The molecule has 150 valence electrons. The van der Waals surface area contributed by atoms with Crippen LogP contribution in [0.4, 0.5) is 0 Å². The Bertz CT molecular complexity index is 824. The molecule has 1 aliphatic heterocycles. The van der Waals surface area contributed by atoms with E-state index in [9.17, 15) is 19.5 Å². The van der Waals surface area contributed by atoms with Gasteiger partial charge in [0.1, 0.15) is 23.6 Å². The SMILES string of the molecule is CC1(C)C(O)=C(C(=O)NCC(=O)O)C(=O)N1Cc1ccc(OCC2CC2)cc1. The monoisotopic (exact) mass is 388 g/mol. The summed E-state index contributed by atoms with van der Waals surface area (Å²) < 4.78 is 5.70. The van der Waals surface area contributed by atoms with Crippen molar-refractivity contribution >= 4 is 17.8 Å². The van der Waals surface area contributed by atoms with Gasteiger partial charge in [-0.15, -0.1) is 0 Å². The van der Waals surface area contributed by atoms with Crippen molar-refractivity contribution in [1.29, 1.82) is 0 Å². The Morgan fingerprint density at radius 1 is 1.25 bits per heavy atom. The Morgan fingerprint density at radius 3 is 2.46 bits per heavy atom. The maximum absolute atomic E-state index is 12.7. The lowest BCUT2D eigenvalue weighted by Crippen LogP contribution is -2.43. The summed E-state index contributed by atoms with van der Waals surface area (Å²) in [7, 11) is 0. The first-order valence-corrected chi connectivity index (χ1v) is 9.17. The van der Waals surface area contributed by atoms with Crippen LogP contribution in [-0.2, 0) is 20.9 Å². The second kappa shape index (κ2) is 7.53. The molecule has 0 bridgehead atoms. The molecule has 28 heavy (non-hydrogen) atoms. The van der Waals surface area contributed by atoms with Gasteiger partial charge in [-0.25, -0.2) is 0 Å². The third-order valence-corrected chi connectivity index (χ3v) is 5.02. The first-order chi connectivity index (χ1) is 13.2. The van der Waals surface area contributed by atoms with Crippen molar-refractivity contribution < 1.29 is 29.3 Å². The lowest BCUT2D eigenvalue weighted by Gasteiger charge is -2.32. The third kappa shape index (κ3) is 4.11. The quantitative estimate of drug-likeness (QED) is 0.583. The fraction of sp³-hybridized carbons (Fsp3) is 0.450. The van der Waals surface area contributed by atoms with Crippen LogP contribution >= 0.6 is 0 Å². The third-order valence-electron chi connectivity index (χ3n) is 5.02. The summed E-state index contributed by atoms with van der Waals surface area (Å²) in [5.41, 5.74) is -0.690. The van der Waals surface area contributed by atoms with E-state index in [0.29, 0.717) is 12.5 Å². The smallest absolute Gasteiger partial charge is 0.322 e. The van der Waals surface area contributed by atoms with Gasteiger partial charge in [-0.05, 0) is 50.3 Å². The molecule has 0 aromatic heterocycles. The van der Waals surface area contributed by atoms with E-state index in [1.807, 2.05) is 24.3 Å². The van der Waals surface area contributed by atoms with Crippen molar-refractivity contribution in [3.63, 3.8) is 0 Å². The number of rotatable bonds is 8. The van der Waals surface area contributed by atoms with E-state index < -0.39 is 35.4 Å². The molecule has 1 aromatic carbocycles. The van der Waals surface area contributed by atoms with Gasteiger partial charge in [-0.3, -0.25) is 14.4 Å². The Morgan fingerprint density at radius 2 is 1.89 bits per heavy atom. The van der Waals surface area contributed by atoms with E-state index in [-0.39, 0.29) is 12.3 Å². The molecule has 1 saturated carbocycles. The number of ether oxygens (including phenoxy) is 1. The summed E-state index contributed by atoms with van der Waals surface area (Å²) in [6.45, 7) is 3.53. The zero-order chi connectivity index (χ0) is 20.5. The molecule has 0 spiro atoms. The summed E-state index contributed by atoms with van der Waals surface area (Å²) in [5, 5.41) is 21.2. The van der Waals surface area contributed by atoms with Crippen LogP contribution in [0.1, 0.15) is 32.3 Å². The number of hydrogen-bond donors (Lipinski definition) is 3. The summed E-state index contributed by atoms with van der Waals surface area (Å²) in [5.74, 6) is -1.73. The first-order valence-electron chi connectivity index (χ1n) is 9.17. The van der Waals surface area contributed by atoms with E-state index in [1.165, 1.54) is 17.7 Å². The van der Waals surface area contributed by atoms with Crippen molar-refractivity contribution in [2.24, 2.45) is 5.92 Å². The van der Waals surface area contributed by atoms with Crippen LogP contribution in [0.25, 0.3) is 0 Å². The van der Waals surface area contributed by atoms with Crippen molar-refractivity contribution in [3.05, 3.63) is 41.2 Å². The van der Waals surface area contributed by atoms with Gasteiger partial charge < -0.3 is 25.2 Å². The number of aliphatic carboxylic acids is 1. The predicted octanol–water partition coefficient (Wildman–Crippen LogP) is 1.61. The maximum Gasteiger partial charge on any atom is 0.322 e. The van der Waals surface area contributed by atoms with Crippen molar-refractivity contribution in [1.82, 2.24) is 10.2 Å². The van der Waals surface area contributed by atoms with Crippen molar-refractivity contribution in [3.8, 4) is 5.75 Å². The fourth-order valence-electron chi connectivity index (χ4n) is 3.01. The first kappa shape index (κ1) is 19.7. The zero-order valence-electron chi connectivity index (χ0n) is 15.9. The van der Waals surface area contributed by atoms with Gasteiger partial charge >= 0.3 is 5.97 Å². The Labute approximate surface area is 162 Å². The number of nitrogens with one attached hydrogen (secondary N) is 1. The number of carbonyl (C=O) groups excluding carboxylic acids is 2. The molecule has 8 heteroatoms. The highest BCUT2D eigenvalue weighted by molar-refractivity contribution is 6.21. The Balaban J connectivity index is 1.69. The minimum atomic E-state index is -1.24. The van der Waals surface area contributed by atoms with E-state index in [2.05, 4.69) is 5.32 Å². The Hall–Kier alpha value is -3.03. The summed E-state index contributed by atoms with van der Waals surface area (Å²) in [4.78, 5) is 36.9. The highest BCUT2D eigenvalue weighted by Crippen LogP contribution is 2.35. The number of carboxylic acid groups (broad SMARTS) is 1. The second-order valence-corrected chi connectivity index (χ2v) is 7.65. The van der Waals surface area contributed by atoms with E-state index in [0.717, 1.165) is 11.3 Å². The number of hydrogen-bond acceptors (Lipinski definition) is 5. The average Bonchev–Trinajstić information content (AvgIpc) is 3.45. The number of amides is 2. The van der Waals surface area contributed by atoms with Crippen molar-refractivity contribution in [2.45, 2.75) is 38.8 Å². The molecule has 0 saturated heterocycles. The lowest BCUT2D eigenvalue weighted by molar-refractivity contribution is -0.138. The lowest BCUT2D eigenvalue weighted by atomic mass is 10.0. The van der Waals surface area contributed by atoms with Crippen LogP contribution in [0.15, 0.2) is 35.6 Å². The van der Waals surface area contributed by atoms with Crippen LogP contribution in [0.3, 0.4) is 0 Å². The predicted molar refractivity (Wildman–Crippen MR) is 99.6 cm³/mol. The largest absolute Gasteiger partial charge is 0.509 e. The second-order valence-electron chi connectivity index (χ2n) is 7.65. The van der Waals surface area contributed by atoms with Crippen LogP contribution in [0.5, 0.6) is 5.75 Å². The highest BCUT2D eigenvalue weighted by Gasteiger charge is 2.48. The minimum Gasteiger partial charge on any atom is -0.509 e. The molecule has 1 fully saturated rings. The van der Waals surface area contributed by atoms with E-state index in [1.54, 1.807) is 13.8 Å². The number of carboxylic acids is 1. The van der Waals surface area contributed by atoms with Crippen LogP contribution in [0.2, 0.25) is 0 Å². The molecular weight excluding hydrogens is 364 g/mol. The molecule has 1 heterocycles. The van der Waals surface area contributed by atoms with Crippen LogP contribution in [0, 0.1) is 5.92 Å². The van der Waals surface area contributed by atoms with Crippen LogP contribution < -0.4 is 10.1 Å². The normalized spacial score (nSPS) is 18.4.